The number of hydrogen-bond donors (Lipinski definition) is 2. The Kier molecular flexibility index (Phi) is 4.51. The number of oxazole rings is 1. The fraction of sp³-hybridized carbons (Fsp3) is 0.455. The molecule has 0 amide bonds. The van der Waals surface area contributed by atoms with Crippen molar-refractivity contribution in [3.05, 3.63) is 23.1 Å². The second kappa shape index (κ2) is 6.33. The number of halogens is 1. The van der Waals surface area contributed by atoms with Crippen LogP contribution < -0.4 is 10.6 Å². The first-order chi connectivity index (χ1) is 9.17. The largest absolute Gasteiger partial charge is 0.444 e. The topological polar surface area (TPSA) is 88.8 Å². The molecule has 2 N–H and O–H groups in total. The summed E-state index contributed by atoms with van der Waals surface area (Å²) in [6.45, 7) is 5.06. The van der Waals surface area contributed by atoms with Gasteiger partial charge in [0.2, 0.25) is 23.1 Å². The van der Waals surface area contributed by atoms with Crippen molar-refractivity contribution in [1.29, 1.82) is 0 Å². The zero-order valence-electron chi connectivity index (χ0n) is 10.8. The van der Waals surface area contributed by atoms with Crippen molar-refractivity contribution in [3.8, 4) is 0 Å². The van der Waals surface area contributed by atoms with Crippen LogP contribution >= 0.6 is 11.6 Å². The van der Waals surface area contributed by atoms with E-state index in [2.05, 4.69) is 37.5 Å². The van der Waals surface area contributed by atoms with Crippen LogP contribution in [0.2, 0.25) is 5.28 Å². The zero-order valence-corrected chi connectivity index (χ0v) is 11.5. The lowest BCUT2D eigenvalue weighted by molar-refractivity contribution is 0.478. The van der Waals surface area contributed by atoms with Gasteiger partial charge in [0, 0.05) is 6.54 Å². The minimum absolute atomic E-state index is 0.139. The number of rotatable bonds is 6. The molecule has 0 bridgehead atoms. The van der Waals surface area contributed by atoms with Crippen LogP contribution in [0, 0.1) is 6.92 Å². The van der Waals surface area contributed by atoms with E-state index < -0.39 is 0 Å². The summed E-state index contributed by atoms with van der Waals surface area (Å²) in [6.07, 6.45) is 2.63. The summed E-state index contributed by atoms with van der Waals surface area (Å²) >= 11 is 5.83. The molecule has 0 saturated carbocycles. The van der Waals surface area contributed by atoms with Crippen LogP contribution in [0.4, 0.5) is 11.9 Å². The maximum Gasteiger partial charge on any atom is 0.229 e. The predicted octanol–water partition coefficient (Wildman–Crippen LogP) is 2.26. The van der Waals surface area contributed by atoms with Crippen LogP contribution in [0.5, 0.6) is 0 Å². The smallest absolute Gasteiger partial charge is 0.229 e. The van der Waals surface area contributed by atoms with Gasteiger partial charge in [-0.15, -0.1) is 0 Å². The lowest BCUT2D eigenvalue weighted by Gasteiger charge is -2.06. The first-order valence-corrected chi connectivity index (χ1v) is 6.36. The minimum Gasteiger partial charge on any atom is -0.444 e. The summed E-state index contributed by atoms with van der Waals surface area (Å²) in [4.78, 5) is 16.2. The van der Waals surface area contributed by atoms with Gasteiger partial charge >= 0.3 is 0 Å². The Morgan fingerprint density at radius 1 is 1.21 bits per heavy atom. The number of anilines is 2. The molecule has 0 atom stereocenters. The van der Waals surface area contributed by atoms with E-state index >= 15 is 0 Å². The highest BCUT2D eigenvalue weighted by Gasteiger charge is 2.06. The van der Waals surface area contributed by atoms with Crippen LogP contribution in [0.15, 0.2) is 10.6 Å². The Hall–Kier alpha value is -1.89. The van der Waals surface area contributed by atoms with Gasteiger partial charge in [0.25, 0.3) is 0 Å². The highest BCUT2D eigenvalue weighted by molar-refractivity contribution is 6.28. The third kappa shape index (κ3) is 4.06. The average molecular weight is 283 g/mol. The molecular formula is C11H15ClN6O. The summed E-state index contributed by atoms with van der Waals surface area (Å²) in [6, 6.07) is 0. The Labute approximate surface area is 115 Å². The molecule has 2 aromatic heterocycles. The van der Waals surface area contributed by atoms with Crippen LogP contribution in [0.3, 0.4) is 0 Å². The van der Waals surface area contributed by atoms with Crippen LogP contribution in [0.1, 0.15) is 25.0 Å². The van der Waals surface area contributed by atoms with E-state index in [0.29, 0.717) is 24.3 Å². The summed E-state index contributed by atoms with van der Waals surface area (Å²) in [5.41, 5.74) is 0. The molecule has 0 aliphatic rings. The number of aryl methyl sites for hydroxylation is 1. The van der Waals surface area contributed by atoms with E-state index in [-0.39, 0.29) is 5.28 Å². The molecule has 0 saturated heterocycles. The number of nitrogens with one attached hydrogen (secondary N) is 2. The summed E-state index contributed by atoms with van der Waals surface area (Å²) in [5, 5.41) is 6.18. The monoisotopic (exact) mass is 282 g/mol. The Morgan fingerprint density at radius 3 is 2.58 bits per heavy atom. The van der Waals surface area contributed by atoms with Crippen LogP contribution in [-0.4, -0.2) is 26.5 Å². The third-order valence-corrected chi connectivity index (χ3v) is 2.38. The summed E-state index contributed by atoms with van der Waals surface area (Å²) in [7, 11) is 0. The molecule has 102 valence electrons. The van der Waals surface area contributed by atoms with Gasteiger partial charge in [-0.3, -0.25) is 0 Å². The Bertz CT molecular complexity index is 544. The Balaban J connectivity index is 2.01. The lowest BCUT2D eigenvalue weighted by Crippen LogP contribution is -2.09. The molecule has 0 fully saturated rings. The first-order valence-electron chi connectivity index (χ1n) is 5.98. The average Bonchev–Trinajstić information content (AvgIpc) is 2.79. The molecule has 2 aromatic rings. The molecule has 0 unspecified atom stereocenters. The number of nitrogens with zero attached hydrogens (tertiary/aromatic N) is 4. The standard InChI is InChI=1S/C11H15ClN6O/c1-3-4-13-10-16-9(12)17-11(18-10)15-6-8-14-5-7(2)19-8/h5H,3-4,6H2,1-2H3,(H2,13,15,16,17,18). The zero-order chi connectivity index (χ0) is 13.7. The van der Waals surface area contributed by atoms with Crippen LogP contribution in [-0.2, 0) is 6.54 Å². The quantitative estimate of drug-likeness (QED) is 0.840. The van der Waals surface area contributed by atoms with Gasteiger partial charge in [-0.25, -0.2) is 4.98 Å². The maximum absolute atomic E-state index is 5.83. The fourth-order valence-electron chi connectivity index (χ4n) is 1.38. The Morgan fingerprint density at radius 2 is 1.95 bits per heavy atom. The van der Waals surface area contributed by atoms with Crippen molar-refractivity contribution >= 4 is 23.5 Å². The van der Waals surface area contributed by atoms with E-state index in [1.165, 1.54) is 0 Å². The molecule has 19 heavy (non-hydrogen) atoms. The highest BCUT2D eigenvalue weighted by atomic mass is 35.5. The maximum atomic E-state index is 5.83. The van der Waals surface area contributed by atoms with E-state index in [0.717, 1.165) is 18.7 Å². The van der Waals surface area contributed by atoms with Crippen molar-refractivity contribution in [2.75, 3.05) is 17.2 Å². The molecule has 0 spiro atoms. The molecule has 0 aliphatic heterocycles. The molecule has 2 rings (SSSR count). The van der Waals surface area contributed by atoms with Crippen molar-refractivity contribution in [2.45, 2.75) is 26.8 Å². The van der Waals surface area contributed by atoms with E-state index in [1.54, 1.807) is 6.20 Å². The highest BCUT2D eigenvalue weighted by Crippen LogP contribution is 2.11. The summed E-state index contributed by atoms with van der Waals surface area (Å²) < 4.78 is 5.34. The number of aromatic nitrogens is 4. The second-order valence-electron chi connectivity index (χ2n) is 3.90. The lowest BCUT2D eigenvalue weighted by atomic mass is 10.5. The van der Waals surface area contributed by atoms with Gasteiger partial charge < -0.3 is 15.1 Å². The van der Waals surface area contributed by atoms with Crippen molar-refractivity contribution in [3.63, 3.8) is 0 Å². The van der Waals surface area contributed by atoms with E-state index in [1.807, 2.05) is 6.92 Å². The van der Waals surface area contributed by atoms with Crippen molar-refractivity contribution < 1.29 is 4.42 Å². The van der Waals surface area contributed by atoms with E-state index in [4.69, 9.17) is 16.0 Å². The predicted molar refractivity (Wildman–Crippen MR) is 72.2 cm³/mol. The SMILES string of the molecule is CCCNc1nc(Cl)nc(NCc2ncc(C)o2)n1. The number of hydrogen-bond acceptors (Lipinski definition) is 7. The van der Waals surface area contributed by atoms with Gasteiger partial charge in [-0.05, 0) is 24.9 Å². The molecule has 7 nitrogen and oxygen atoms in total. The molecule has 0 radical (unpaired) electrons. The molecule has 8 heteroatoms. The molecule has 2 heterocycles. The van der Waals surface area contributed by atoms with Crippen molar-refractivity contribution in [1.82, 2.24) is 19.9 Å². The fourth-order valence-corrected chi connectivity index (χ4v) is 1.54. The summed E-state index contributed by atoms with van der Waals surface area (Å²) in [5.74, 6) is 2.16. The third-order valence-electron chi connectivity index (χ3n) is 2.21. The van der Waals surface area contributed by atoms with Gasteiger partial charge in [0.1, 0.15) is 5.76 Å². The first kappa shape index (κ1) is 13.5. The van der Waals surface area contributed by atoms with Gasteiger partial charge in [-0.1, -0.05) is 6.92 Å². The minimum atomic E-state index is 0.139. The molecular weight excluding hydrogens is 268 g/mol. The molecule has 0 aromatic carbocycles. The second-order valence-corrected chi connectivity index (χ2v) is 4.23. The van der Waals surface area contributed by atoms with E-state index in [9.17, 15) is 0 Å². The van der Waals surface area contributed by atoms with Gasteiger partial charge in [0.05, 0.1) is 12.7 Å². The molecule has 0 aliphatic carbocycles. The van der Waals surface area contributed by atoms with Crippen molar-refractivity contribution in [2.24, 2.45) is 0 Å². The van der Waals surface area contributed by atoms with Crippen LogP contribution in [0.25, 0.3) is 0 Å². The normalized spacial score (nSPS) is 10.5. The van der Waals surface area contributed by atoms with Gasteiger partial charge in [0.15, 0.2) is 0 Å². The van der Waals surface area contributed by atoms with Gasteiger partial charge in [-0.2, -0.15) is 15.0 Å².